The summed E-state index contributed by atoms with van der Waals surface area (Å²) in [6.07, 6.45) is 3.76. The van der Waals surface area contributed by atoms with E-state index in [0.29, 0.717) is 11.3 Å². The maximum absolute atomic E-state index is 4.37. The zero-order valence-corrected chi connectivity index (χ0v) is 12.3. The molecule has 1 aromatic rings. The molecule has 3 nitrogen and oxygen atoms in total. The minimum Gasteiger partial charge on any atom is -0.250 e. The Labute approximate surface area is 107 Å². The van der Waals surface area contributed by atoms with Crippen molar-refractivity contribution < 1.29 is 0 Å². The molecule has 0 saturated heterocycles. The van der Waals surface area contributed by atoms with Crippen LogP contribution in [0.3, 0.4) is 0 Å². The minimum absolute atomic E-state index is 0.298. The third-order valence-electron chi connectivity index (χ3n) is 2.97. The molecule has 4 heteroatoms. The molecule has 1 aromatic heterocycles. The van der Waals surface area contributed by atoms with Gasteiger partial charge in [-0.1, -0.05) is 43.6 Å². The van der Waals surface area contributed by atoms with Crippen LogP contribution in [0.1, 0.15) is 39.9 Å². The Balaban J connectivity index is 2.74. The van der Waals surface area contributed by atoms with Crippen LogP contribution in [-0.2, 0) is 13.0 Å². The van der Waals surface area contributed by atoms with E-state index in [1.807, 2.05) is 4.68 Å². The molecule has 0 aliphatic rings. The fourth-order valence-corrected chi connectivity index (χ4v) is 2.86. The van der Waals surface area contributed by atoms with Gasteiger partial charge in [-0.05, 0) is 17.8 Å². The second-order valence-corrected chi connectivity index (χ2v) is 5.97. The van der Waals surface area contributed by atoms with E-state index in [2.05, 4.69) is 53.7 Å². The normalized spacial score (nSPS) is 14.1. The summed E-state index contributed by atoms with van der Waals surface area (Å²) < 4.78 is 2.03. The Morgan fingerprint density at radius 2 is 2.12 bits per heavy atom. The molecule has 1 atom stereocenters. The van der Waals surface area contributed by atoms with Gasteiger partial charge in [0.25, 0.3) is 0 Å². The quantitative estimate of drug-likeness (QED) is 0.778. The fraction of sp³-hybridized carbons (Fsp3) is 0.833. The fourth-order valence-electron chi connectivity index (χ4n) is 1.66. The maximum Gasteiger partial charge on any atom is 0.138 e. The van der Waals surface area contributed by atoms with Gasteiger partial charge in [-0.25, -0.2) is 4.98 Å². The summed E-state index contributed by atoms with van der Waals surface area (Å²) in [5, 5.41) is 5.27. The van der Waals surface area contributed by atoms with Crippen molar-refractivity contribution in [1.29, 1.82) is 0 Å². The van der Waals surface area contributed by atoms with Crippen molar-refractivity contribution in [1.82, 2.24) is 14.8 Å². The van der Waals surface area contributed by atoms with Crippen LogP contribution in [0.15, 0.2) is 6.33 Å². The van der Waals surface area contributed by atoms with Gasteiger partial charge in [-0.3, -0.25) is 4.68 Å². The van der Waals surface area contributed by atoms with Crippen LogP contribution in [-0.4, -0.2) is 20.1 Å². The number of hydrogen-bond donors (Lipinski definition) is 0. The molecule has 0 bridgehead atoms. The summed E-state index contributed by atoms with van der Waals surface area (Å²) in [4.78, 5) is 4.37. The van der Waals surface area contributed by atoms with Gasteiger partial charge in [-0.2, -0.15) is 5.10 Å². The first-order chi connectivity index (χ1) is 7.49. The van der Waals surface area contributed by atoms with E-state index in [1.165, 1.54) is 0 Å². The average Bonchev–Trinajstić information content (AvgIpc) is 2.60. The largest absolute Gasteiger partial charge is 0.250 e. The Bertz CT molecular complexity index is 314. The van der Waals surface area contributed by atoms with Crippen LogP contribution in [0.4, 0.5) is 0 Å². The molecule has 0 amide bonds. The number of halogens is 1. The Hall–Kier alpha value is -0.380. The van der Waals surface area contributed by atoms with Gasteiger partial charge < -0.3 is 0 Å². The Kier molecular flexibility index (Phi) is 4.96. The second-order valence-electron chi connectivity index (χ2n) is 5.32. The van der Waals surface area contributed by atoms with Crippen molar-refractivity contribution in [2.75, 3.05) is 5.33 Å². The standard InChI is InChI=1S/C12H22BrN3/c1-5-6-16-11(14-9-15-16)7-10(8-13)12(2,3)4/h9-10H,5-8H2,1-4H3. The third-order valence-corrected chi connectivity index (χ3v) is 3.75. The highest BCUT2D eigenvalue weighted by atomic mass is 79.9. The molecule has 0 aliphatic carbocycles. The molecule has 0 aliphatic heterocycles. The van der Waals surface area contributed by atoms with E-state index in [0.717, 1.165) is 30.5 Å². The molecule has 16 heavy (non-hydrogen) atoms. The molecule has 0 fully saturated rings. The van der Waals surface area contributed by atoms with Crippen molar-refractivity contribution in [2.24, 2.45) is 11.3 Å². The van der Waals surface area contributed by atoms with E-state index in [9.17, 15) is 0 Å². The van der Waals surface area contributed by atoms with Gasteiger partial charge in [-0.15, -0.1) is 0 Å². The summed E-state index contributed by atoms with van der Waals surface area (Å²) in [7, 11) is 0. The lowest BCUT2D eigenvalue weighted by Gasteiger charge is -2.28. The van der Waals surface area contributed by atoms with Crippen LogP contribution in [0.5, 0.6) is 0 Å². The lowest BCUT2D eigenvalue weighted by molar-refractivity contribution is 0.260. The Morgan fingerprint density at radius 3 is 2.62 bits per heavy atom. The molecular weight excluding hydrogens is 266 g/mol. The van der Waals surface area contributed by atoms with Crippen LogP contribution in [0.25, 0.3) is 0 Å². The SMILES string of the molecule is CCCn1ncnc1CC(CBr)C(C)(C)C. The van der Waals surface area contributed by atoms with Gasteiger partial charge in [0, 0.05) is 18.3 Å². The van der Waals surface area contributed by atoms with Crippen molar-refractivity contribution in [3.63, 3.8) is 0 Å². The zero-order valence-electron chi connectivity index (χ0n) is 10.7. The molecule has 1 heterocycles. The summed E-state index contributed by atoms with van der Waals surface area (Å²) in [6, 6.07) is 0. The first kappa shape index (κ1) is 13.7. The molecule has 1 unspecified atom stereocenters. The van der Waals surface area contributed by atoms with Crippen LogP contribution >= 0.6 is 15.9 Å². The number of nitrogens with zero attached hydrogens (tertiary/aromatic N) is 3. The van der Waals surface area contributed by atoms with Gasteiger partial charge >= 0.3 is 0 Å². The average molecular weight is 288 g/mol. The lowest BCUT2D eigenvalue weighted by Crippen LogP contribution is -2.25. The van der Waals surface area contributed by atoms with E-state index >= 15 is 0 Å². The van der Waals surface area contributed by atoms with Crippen molar-refractivity contribution in [3.05, 3.63) is 12.2 Å². The number of rotatable bonds is 5. The lowest BCUT2D eigenvalue weighted by atomic mass is 9.80. The first-order valence-electron chi connectivity index (χ1n) is 5.91. The molecule has 0 aromatic carbocycles. The molecule has 92 valence electrons. The van der Waals surface area contributed by atoms with Crippen LogP contribution in [0, 0.1) is 11.3 Å². The highest BCUT2D eigenvalue weighted by Crippen LogP contribution is 2.30. The summed E-state index contributed by atoms with van der Waals surface area (Å²) in [5.74, 6) is 1.70. The molecule has 0 spiro atoms. The van der Waals surface area contributed by atoms with E-state index < -0.39 is 0 Å². The van der Waals surface area contributed by atoms with E-state index in [-0.39, 0.29) is 0 Å². The molecule has 0 saturated carbocycles. The predicted molar refractivity (Wildman–Crippen MR) is 70.8 cm³/mol. The minimum atomic E-state index is 0.298. The topological polar surface area (TPSA) is 30.7 Å². The second kappa shape index (κ2) is 5.80. The van der Waals surface area contributed by atoms with Crippen molar-refractivity contribution >= 4 is 15.9 Å². The molecule has 0 radical (unpaired) electrons. The van der Waals surface area contributed by atoms with Gasteiger partial charge in [0.2, 0.25) is 0 Å². The smallest absolute Gasteiger partial charge is 0.138 e. The number of aryl methyl sites for hydroxylation is 1. The number of alkyl halides is 1. The number of aromatic nitrogens is 3. The molecule has 0 N–H and O–H groups in total. The summed E-state index contributed by atoms with van der Waals surface area (Å²) in [5.41, 5.74) is 0.298. The van der Waals surface area contributed by atoms with Crippen LogP contribution in [0.2, 0.25) is 0 Å². The highest BCUT2D eigenvalue weighted by molar-refractivity contribution is 9.09. The molecular formula is C12H22BrN3. The first-order valence-corrected chi connectivity index (χ1v) is 7.03. The van der Waals surface area contributed by atoms with E-state index in [4.69, 9.17) is 0 Å². The van der Waals surface area contributed by atoms with Gasteiger partial charge in [0.15, 0.2) is 0 Å². The predicted octanol–water partition coefficient (Wildman–Crippen LogP) is 3.29. The van der Waals surface area contributed by atoms with Gasteiger partial charge in [0.1, 0.15) is 12.2 Å². The summed E-state index contributed by atoms with van der Waals surface area (Å²) in [6.45, 7) is 9.96. The van der Waals surface area contributed by atoms with Gasteiger partial charge in [0.05, 0.1) is 0 Å². The van der Waals surface area contributed by atoms with Crippen LogP contribution < -0.4 is 0 Å². The zero-order chi connectivity index (χ0) is 12.2. The molecule has 1 rings (SSSR count). The van der Waals surface area contributed by atoms with E-state index in [1.54, 1.807) is 6.33 Å². The third kappa shape index (κ3) is 3.58. The van der Waals surface area contributed by atoms with Crippen molar-refractivity contribution in [3.8, 4) is 0 Å². The monoisotopic (exact) mass is 287 g/mol. The van der Waals surface area contributed by atoms with Crippen molar-refractivity contribution in [2.45, 2.75) is 47.1 Å². The maximum atomic E-state index is 4.37. The number of hydrogen-bond acceptors (Lipinski definition) is 2. The summed E-state index contributed by atoms with van der Waals surface area (Å²) >= 11 is 3.60. The Morgan fingerprint density at radius 1 is 1.44 bits per heavy atom. The highest BCUT2D eigenvalue weighted by Gasteiger charge is 2.25.